The standard InChI is InChI=1S/C19H38N2O3/c1-24-19(23)15-11-10-14-18(22)21-17-13-9-7-5-3-2-4-6-8-12-16-20/h2-17,20H2,1H3,(H,21,22). The van der Waals surface area contributed by atoms with E-state index in [1.807, 2.05) is 0 Å². The van der Waals surface area contributed by atoms with Gasteiger partial charge >= 0.3 is 5.97 Å². The molecule has 0 aliphatic rings. The first-order chi connectivity index (χ1) is 11.7. The van der Waals surface area contributed by atoms with Crippen molar-refractivity contribution in [2.24, 2.45) is 5.73 Å². The molecule has 24 heavy (non-hydrogen) atoms. The van der Waals surface area contributed by atoms with Crippen molar-refractivity contribution in [1.29, 1.82) is 0 Å². The van der Waals surface area contributed by atoms with Crippen LogP contribution in [0.5, 0.6) is 0 Å². The molecule has 0 aromatic carbocycles. The summed E-state index contributed by atoms with van der Waals surface area (Å²) in [5.41, 5.74) is 5.47. The molecule has 0 aliphatic heterocycles. The zero-order valence-corrected chi connectivity index (χ0v) is 15.6. The third-order valence-corrected chi connectivity index (χ3v) is 4.22. The number of hydrogen-bond donors (Lipinski definition) is 2. The molecule has 0 atom stereocenters. The lowest BCUT2D eigenvalue weighted by molar-refractivity contribution is -0.140. The van der Waals surface area contributed by atoms with E-state index in [1.54, 1.807) is 0 Å². The highest BCUT2D eigenvalue weighted by Gasteiger charge is 2.03. The number of unbranched alkanes of at least 4 members (excludes halogenated alkanes) is 10. The molecule has 1 amide bonds. The van der Waals surface area contributed by atoms with Crippen LogP contribution in [0.4, 0.5) is 0 Å². The van der Waals surface area contributed by atoms with Crippen molar-refractivity contribution in [3.8, 4) is 0 Å². The van der Waals surface area contributed by atoms with Gasteiger partial charge in [-0.15, -0.1) is 0 Å². The van der Waals surface area contributed by atoms with E-state index in [-0.39, 0.29) is 11.9 Å². The number of carbonyl (C=O) groups is 2. The van der Waals surface area contributed by atoms with Crippen molar-refractivity contribution in [1.82, 2.24) is 5.32 Å². The summed E-state index contributed by atoms with van der Waals surface area (Å²) in [5.74, 6) is -0.108. The fourth-order valence-electron chi connectivity index (χ4n) is 2.66. The van der Waals surface area contributed by atoms with Crippen molar-refractivity contribution in [3.63, 3.8) is 0 Å². The maximum Gasteiger partial charge on any atom is 0.305 e. The van der Waals surface area contributed by atoms with Crippen LogP contribution in [0.1, 0.15) is 89.9 Å². The van der Waals surface area contributed by atoms with E-state index >= 15 is 0 Å². The van der Waals surface area contributed by atoms with Crippen molar-refractivity contribution < 1.29 is 14.3 Å². The molecule has 142 valence electrons. The van der Waals surface area contributed by atoms with Gasteiger partial charge in [-0.1, -0.05) is 51.4 Å². The first-order valence-corrected chi connectivity index (χ1v) is 9.74. The number of nitrogens with one attached hydrogen (secondary N) is 1. The summed E-state index contributed by atoms with van der Waals surface area (Å²) in [6, 6.07) is 0. The predicted octanol–water partition coefficient (Wildman–Crippen LogP) is 3.70. The van der Waals surface area contributed by atoms with E-state index in [2.05, 4.69) is 10.1 Å². The summed E-state index contributed by atoms with van der Waals surface area (Å²) < 4.78 is 4.56. The van der Waals surface area contributed by atoms with Crippen molar-refractivity contribution >= 4 is 11.9 Å². The Balaban J connectivity index is 3.18. The zero-order valence-electron chi connectivity index (χ0n) is 15.6. The Morgan fingerprint density at radius 1 is 0.750 bits per heavy atom. The average molecular weight is 343 g/mol. The summed E-state index contributed by atoms with van der Waals surface area (Å²) in [4.78, 5) is 22.5. The molecular weight excluding hydrogens is 304 g/mol. The lowest BCUT2D eigenvalue weighted by atomic mass is 10.1. The van der Waals surface area contributed by atoms with E-state index in [4.69, 9.17) is 5.73 Å². The van der Waals surface area contributed by atoms with Gasteiger partial charge in [0, 0.05) is 19.4 Å². The number of nitrogens with two attached hydrogens (primary N) is 1. The van der Waals surface area contributed by atoms with Gasteiger partial charge in [0.2, 0.25) is 5.91 Å². The second kappa shape index (κ2) is 18.2. The Morgan fingerprint density at radius 3 is 1.79 bits per heavy atom. The Morgan fingerprint density at radius 2 is 1.25 bits per heavy atom. The van der Waals surface area contributed by atoms with Crippen LogP contribution in [0.2, 0.25) is 0 Å². The first kappa shape index (κ1) is 22.9. The van der Waals surface area contributed by atoms with Crippen LogP contribution in [-0.4, -0.2) is 32.1 Å². The van der Waals surface area contributed by atoms with Gasteiger partial charge in [-0.2, -0.15) is 0 Å². The van der Waals surface area contributed by atoms with Gasteiger partial charge in [0.1, 0.15) is 0 Å². The topological polar surface area (TPSA) is 81.4 Å². The fraction of sp³-hybridized carbons (Fsp3) is 0.895. The minimum atomic E-state index is -0.203. The molecular formula is C19H38N2O3. The molecule has 0 aromatic rings. The monoisotopic (exact) mass is 342 g/mol. The van der Waals surface area contributed by atoms with Crippen molar-refractivity contribution in [2.75, 3.05) is 20.2 Å². The normalized spacial score (nSPS) is 10.6. The Hall–Kier alpha value is -1.10. The number of rotatable bonds is 17. The van der Waals surface area contributed by atoms with Crippen LogP contribution < -0.4 is 11.1 Å². The number of methoxy groups -OCH3 is 1. The smallest absolute Gasteiger partial charge is 0.305 e. The van der Waals surface area contributed by atoms with E-state index in [0.717, 1.165) is 32.4 Å². The molecule has 0 aromatic heterocycles. The van der Waals surface area contributed by atoms with Crippen LogP contribution in [-0.2, 0) is 14.3 Å². The maximum absolute atomic E-state index is 11.6. The van der Waals surface area contributed by atoms with Gasteiger partial charge in [-0.25, -0.2) is 0 Å². The molecule has 5 heteroatoms. The zero-order chi connectivity index (χ0) is 17.9. The summed E-state index contributed by atoms with van der Waals surface area (Å²) in [6.45, 7) is 1.60. The SMILES string of the molecule is COC(=O)CCCCC(=O)NCCCCCCCCCCCCN. The third kappa shape index (κ3) is 17.3. The molecule has 0 unspecified atom stereocenters. The maximum atomic E-state index is 11.6. The molecule has 0 aliphatic carbocycles. The molecule has 5 nitrogen and oxygen atoms in total. The van der Waals surface area contributed by atoms with Crippen LogP contribution in [0.15, 0.2) is 0 Å². The van der Waals surface area contributed by atoms with Crippen LogP contribution in [0, 0.1) is 0 Å². The second-order valence-electron chi connectivity index (χ2n) is 6.46. The molecule has 0 heterocycles. The number of ether oxygens (including phenoxy) is 1. The largest absolute Gasteiger partial charge is 0.469 e. The molecule has 0 radical (unpaired) electrons. The highest BCUT2D eigenvalue weighted by Crippen LogP contribution is 2.10. The number of carbonyl (C=O) groups excluding carboxylic acids is 2. The lowest BCUT2D eigenvalue weighted by Gasteiger charge is -2.05. The van der Waals surface area contributed by atoms with E-state index < -0.39 is 0 Å². The van der Waals surface area contributed by atoms with Gasteiger partial charge < -0.3 is 15.8 Å². The van der Waals surface area contributed by atoms with Gasteiger partial charge in [-0.05, 0) is 32.2 Å². The fourth-order valence-corrected chi connectivity index (χ4v) is 2.66. The van der Waals surface area contributed by atoms with Crippen LogP contribution in [0.25, 0.3) is 0 Å². The van der Waals surface area contributed by atoms with E-state index in [1.165, 1.54) is 58.5 Å². The summed E-state index contributed by atoms with van der Waals surface area (Å²) in [7, 11) is 1.39. The average Bonchev–Trinajstić information content (AvgIpc) is 2.59. The molecule has 0 bridgehead atoms. The summed E-state index contributed by atoms with van der Waals surface area (Å²) >= 11 is 0. The highest BCUT2D eigenvalue weighted by atomic mass is 16.5. The lowest BCUT2D eigenvalue weighted by Crippen LogP contribution is -2.24. The van der Waals surface area contributed by atoms with Crippen LogP contribution in [0.3, 0.4) is 0 Å². The molecule has 0 saturated heterocycles. The van der Waals surface area contributed by atoms with Gasteiger partial charge in [0.25, 0.3) is 0 Å². The molecule has 0 fully saturated rings. The Kier molecular flexibility index (Phi) is 17.4. The summed E-state index contributed by atoms with van der Waals surface area (Å²) in [6.07, 6.45) is 14.9. The predicted molar refractivity (Wildman–Crippen MR) is 98.7 cm³/mol. The molecule has 0 saturated carbocycles. The van der Waals surface area contributed by atoms with Crippen molar-refractivity contribution in [3.05, 3.63) is 0 Å². The molecule has 0 rings (SSSR count). The van der Waals surface area contributed by atoms with Crippen molar-refractivity contribution in [2.45, 2.75) is 89.9 Å². The molecule has 0 spiro atoms. The summed E-state index contributed by atoms with van der Waals surface area (Å²) in [5, 5.41) is 2.95. The van der Waals surface area contributed by atoms with Crippen LogP contribution >= 0.6 is 0 Å². The minimum absolute atomic E-state index is 0.0948. The van der Waals surface area contributed by atoms with E-state index in [0.29, 0.717) is 19.3 Å². The third-order valence-electron chi connectivity index (χ3n) is 4.22. The number of esters is 1. The highest BCUT2D eigenvalue weighted by molar-refractivity contribution is 5.75. The van der Waals surface area contributed by atoms with Gasteiger partial charge in [-0.3, -0.25) is 9.59 Å². The number of amides is 1. The molecule has 3 N–H and O–H groups in total. The van der Waals surface area contributed by atoms with E-state index in [9.17, 15) is 9.59 Å². The Labute approximate surface area is 148 Å². The Bertz CT molecular complexity index is 309. The van der Waals surface area contributed by atoms with Gasteiger partial charge in [0.15, 0.2) is 0 Å². The number of hydrogen-bond acceptors (Lipinski definition) is 4. The van der Waals surface area contributed by atoms with Gasteiger partial charge in [0.05, 0.1) is 7.11 Å². The first-order valence-electron chi connectivity index (χ1n) is 9.74. The quantitative estimate of drug-likeness (QED) is 0.312. The minimum Gasteiger partial charge on any atom is -0.469 e. The second-order valence-corrected chi connectivity index (χ2v) is 6.46.